The predicted molar refractivity (Wildman–Crippen MR) is 141 cm³/mol. The average Bonchev–Trinajstić information content (AvgIpc) is 2.92. The smallest absolute Gasteiger partial charge is 0.227 e. The van der Waals surface area contributed by atoms with E-state index < -0.39 is 0 Å². The number of carbonyl (C=O) groups excluding carboxylic acids is 1. The van der Waals surface area contributed by atoms with Gasteiger partial charge < -0.3 is 19.1 Å². The number of ether oxygens (including phenoxy) is 3. The summed E-state index contributed by atoms with van der Waals surface area (Å²) >= 11 is 5.98. The molecule has 36 heavy (non-hydrogen) atoms. The van der Waals surface area contributed by atoms with Crippen molar-refractivity contribution >= 4 is 23.2 Å². The first kappa shape index (κ1) is 24.6. The number of halogens is 1. The molecule has 2 aliphatic heterocycles. The van der Waals surface area contributed by atoms with Crippen LogP contribution in [0.2, 0.25) is 5.02 Å². The molecule has 2 heterocycles. The van der Waals surface area contributed by atoms with Crippen molar-refractivity contribution in [2.45, 2.75) is 18.9 Å². The number of anilines is 1. The number of hydrogen-bond donors (Lipinski definition) is 0. The largest absolute Gasteiger partial charge is 0.497 e. The first-order chi connectivity index (χ1) is 17.6. The van der Waals surface area contributed by atoms with Crippen LogP contribution in [0, 0.1) is 5.92 Å². The first-order valence-corrected chi connectivity index (χ1v) is 12.8. The molecule has 1 amide bonds. The summed E-state index contributed by atoms with van der Waals surface area (Å²) in [6.45, 7) is 4.29. The van der Waals surface area contributed by atoms with Gasteiger partial charge in [-0.15, -0.1) is 0 Å². The molecule has 0 spiro atoms. The number of benzene rings is 3. The second-order valence-corrected chi connectivity index (χ2v) is 9.68. The molecule has 6 nitrogen and oxygen atoms in total. The molecule has 0 unspecified atom stereocenters. The Morgan fingerprint density at radius 3 is 2.33 bits per heavy atom. The molecule has 2 aliphatic rings. The minimum Gasteiger partial charge on any atom is -0.497 e. The van der Waals surface area contributed by atoms with Gasteiger partial charge >= 0.3 is 0 Å². The summed E-state index contributed by atoms with van der Waals surface area (Å²) < 4.78 is 17.0. The summed E-state index contributed by atoms with van der Waals surface area (Å²) in [6, 6.07) is 23.0. The maximum absolute atomic E-state index is 13.4. The van der Waals surface area contributed by atoms with Crippen LogP contribution in [0.25, 0.3) is 0 Å². The summed E-state index contributed by atoms with van der Waals surface area (Å²) in [4.78, 5) is 17.8. The van der Waals surface area contributed by atoms with Gasteiger partial charge in [-0.25, -0.2) is 0 Å². The van der Waals surface area contributed by atoms with Gasteiger partial charge in [0.25, 0.3) is 0 Å². The summed E-state index contributed by atoms with van der Waals surface area (Å²) in [5.41, 5.74) is 1.95. The Morgan fingerprint density at radius 1 is 0.944 bits per heavy atom. The van der Waals surface area contributed by atoms with Crippen LogP contribution < -0.4 is 14.4 Å². The van der Waals surface area contributed by atoms with Gasteiger partial charge in [0.1, 0.15) is 17.2 Å². The van der Waals surface area contributed by atoms with Crippen molar-refractivity contribution in [1.82, 2.24) is 4.90 Å². The predicted octanol–water partition coefficient (Wildman–Crippen LogP) is 5.96. The third-order valence-electron chi connectivity index (χ3n) is 6.92. The lowest BCUT2D eigenvalue weighted by Crippen LogP contribution is -2.48. The third-order valence-corrected chi connectivity index (χ3v) is 7.17. The Hall–Kier alpha value is -3.06. The fourth-order valence-corrected chi connectivity index (χ4v) is 5.25. The summed E-state index contributed by atoms with van der Waals surface area (Å²) in [5, 5.41) is 0.663. The Balaban J connectivity index is 1.44. The van der Waals surface area contributed by atoms with Crippen LogP contribution in [-0.2, 0) is 9.53 Å². The van der Waals surface area contributed by atoms with Crippen molar-refractivity contribution in [3.05, 3.63) is 83.4 Å². The van der Waals surface area contributed by atoms with E-state index in [1.807, 2.05) is 53.4 Å². The zero-order chi connectivity index (χ0) is 24.9. The Labute approximate surface area is 217 Å². The maximum atomic E-state index is 13.4. The second kappa shape index (κ2) is 11.3. The molecule has 0 radical (unpaired) electrons. The van der Waals surface area contributed by atoms with Crippen LogP contribution in [0.5, 0.6) is 17.2 Å². The molecule has 0 bridgehead atoms. The molecule has 2 fully saturated rings. The van der Waals surface area contributed by atoms with Crippen molar-refractivity contribution in [2.24, 2.45) is 5.92 Å². The molecule has 188 valence electrons. The zero-order valence-electron chi connectivity index (χ0n) is 20.4. The van der Waals surface area contributed by atoms with Crippen LogP contribution in [0.1, 0.15) is 24.4 Å². The number of hydrogen-bond acceptors (Lipinski definition) is 5. The molecule has 0 N–H and O–H groups in total. The normalized spacial score (nSPS) is 20.8. The van der Waals surface area contributed by atoms with E-state index in [-0.39, 0.29) is 17.9 Å². The zero-order valence-corrected chi connectivity index (χ0v) is 21.2. The highest BCUT2D eigenvalue weighted by atomic mass is 35.5. The van der Waals surface area contributed by atoms with Gasteiger partial charge in [0.15, 0.2) is 0 Å². The molecule has 7 heteroatoms. The highest BCUT2D eigenvalue weighted by molar-refractivity contribution is 6.30. The van der Waals surface area contributed by atoms with E-state index in [9.17, 15) is 4.79 Å². The highest BCUT2D eigenvalue weighted by Gasteiger charge is 2.39. The topological polar surface area (TPSA) is 51.2 Å². The van der Waals surface area contributed by atoms with E-state index in [0.29, 0.717) is 22.9 Å². The SMILES string of the molecule is COc1cccc([C@H]2[C@H](CN3CCOCC3)CCC(=O)N2c2ccc(Oc3ccc(Cl)cc3)cc2)c1. The van der Waals surface area contributed by atoms with E-state index in [1.54, 1.807) is 19.2 Å². The first-order valence-electron chi connectivity index (χ1n) is 12.4. The van der Waals surface area contributed by atoms with Crippen LogP contribution in [0.15, 0.2) is 72.8 Å². The number of methoxy groups -OCH3 is 1. The molecule has 0 aliphatic carbocycles. The van der Waals surface area contributed by atoms with Gasteiger partial charge in [0, 0.05) is 36.8 Å². The number of morpholine rings is 1. The number of rotatable bonds is 7. The summed E-state index contributed by atoms with van der Waals surface area (Å²) in [7, 11) is 1.67. The van der Waals surface area contributed by atoms with Crippen molar-refractivity contribution < 1.29 is 19.0 Å². The minimum absolute atomic E-state index is 0.0905. The summed E-state index contributed by atoms with van der Waals surface area (Å²) in [6.07, 6.45) is 1.38. The van der Waals surface area contributed by atoms with E-state index in [0.717, 1.165) is 56.3 Å². The Kier molecular flexibility index (Phi) is 7.75. The van der Waals surface area contributed by atoms with Crippen molar-refractivity contribution in [2.75, 3.05) is 44.9 Å². The van der Waals surface area contributed by atoms with E-state index in [1.165, 1.54) is 0 Å². The Morgan fingerprint density at radius 2 is 1.64 bits per heavy atom. The number of nitrogens with zero attached hydrogens (tertiary/aromatic N) is 2. The van der Waals surface area contributed by atoms with Gasteiger partial charge in [-0.05, 0) is 78.6 Å². The molecule has 0 aromatic heterocycles. The van der Waals surface area contributed by atoms with Crippen LogP contribution in [-0.4, -0.2) is 50.8 Å². The van der Waals surface area contributed by atoms with Crippen molar-refractivity contribution in [3.8, 4) is 17.2 Å². The van der Waals surface area contributed by atoms with Crippen LogP contribution >= 0.6 is 11.6 Å². The fraction of sp³-hybridized carbons (Fsp3) is 0.345. The fourth-order valence-electron chi connectivity index (χ4n) is 5.12. The molecular formula is C29H31ClN2O4. The molecule has 0 saturated carbocycles. The van der Waals surface area contributed by atoms with Gasteiger partial charge in [0.2, 0.25) is 5.91 Å². The van der Waals surface area contributed by atoms with Gasteiger partial charge in [0.05, 0.1) is 26.4 Å². The Bertz CT molecular complexity index is 1160. The van der Waals surface area contributed by atoms with E-state index in [4.69, 9.17) is 25.8 Å². The monoisotopic (exact) mass is 506 g/mol. The van der Waals surface area contributed by atoms with Gasteiger partial charge in [-0.1, -0.05) is 23.7 Å². The molecule has 5 rings (SSSR count). The quantitative estimate of drug-likeness (QED) is 0.396. The number of piperidine rings is 1. The standard InChI is InChI=1S/C29H31ClN2O4/c1-34-27-4-2-3-21(19-27)29-22(20-31-15-17-35-18-16-31)5-14-28(33)32(29)24-8-12-26(13-9-24)36-25-10-6-23(30)7-11-25/h2-4,6-13,19,22,29H,5,14-18,20H2,1H3/t22-,29-/m0/s1. The van der Waals surface area contributed by atoms with Gasteiger partial charge in [-0.3, -0.25) is 9.69 Å². The van der Waals surface area contributed by atoms with Gasteiger partial charge in [-0.2, -0.15) is 0 Å². The maximum Gasteiger partial charge on any atom is 0.227 e. The average molecular weight is 507 g/mol. The van der Waals surface area contributed by atoms with Crippen molar-refractivity contribution in [1.29, 1.82) is 0 Å². The number of amides is 1. The van der Waals surface area contributed by atoms with Crippen LogP contribution in [0.3, 0.4) is 0 Å². The molecule has 3 aromatic carbocycles. The molecular weight excluding hydrogens is 476 g/mol. The molecule has 3 aromatic rings. The van der Waals surface area contributed by atoms with Crippen LogP contribution in [0.4, 0.5) is 5.69 Å². The van der Waals surface area contributed by atoms with Crippen molar-refractivity contribution in [3.63, 3.8) is 0 Å². The molecule has 2 saturated heterocycles. The van der Waals surface area contributed by atoms with E-state index in [2.05, 4.69) is 17.0 Å². The lowest BCUT2D eigenvalue weighted by molar-refractivity contribution is -0.121. The highest BCUT2D eigenvalue weighted by Crippen LogP contribution is 2.41. The lowest BCUT2D eigenvalue weighted by atomic mass is 9.83. The van der Waals surface area contributed by atoms with E-state index >= 15 is 0 Å². The minimum atomic E-state index is -0.0905. The third kappa shape index (κ3) is 5.67. The summed E-state index contributed by atoms with van der Waals surface area (Å²) in [5.74, 6) is 2.63. The molecule has 2 atom stereocenters. The second-order valence-electron chi connectivity index (χ2n) is 9.25. The lowest BCUT2D eigenvalue weighted by Gasteiger charge is -2.43. The number of carbonyl (C=O) groups is 1.